The normalized spacial score (nSPS) is 13.0. The summed E-state index contributed by atoms with van der Waals surface area (Å²) in [5.74, 6) is 0. The van der Waals surface area contributed by atoms with E-state index in [1.165, 1.54) is 88.3 Å². The van der Waals surface area contributed by atoms with E-state index in [2.05, 4.69) is 11.1 Å². The molecule has 466 valence electrons. The third kappa shape index (κ3) is 11.1. The third-order valence-electron chi connectivity index (χ3n) is 15.7. The smallest absolute Gasteiger partial charge is 0.307 e. The second-order valence-electron chi connectivity index (χ2n) is 21.2. The summed E-state index contributed by atoms with van der Waals surface area (Å²) >= 11 is 0. The van der Waals surface area contributed by atoms with Gasteiger partial charge in [-0.15, -0.1) is 0 Å². The van der Waals surface area contributed by atoms with Gasteiger partial charge in [0.2, 0.25) is 0 Å². The molecule has 0 saturated carbocycles. The number of halogens is 21. The summed E-state index contributed by atoms with van der Waals surface area (Å²) < 4.78 is 304. The molecule has 12 rings (SSSR count). The number of alkyl halides is 21. The number of aromatic nitrogens is 3. The summed E-state index contributed by atoms with van der Waals surface area (Å²) in [7, 11) is 0. The Morgan fingerprint density at radius 1 is 0.272 bits per heavy atom. The van der Waals surface area contributed by atoms with Crippen LogP contribution in [0.15, 0.2) is 188 Å². The molecule has 4 nitrogen and oxygen atoms in total. The second-order valence-corrected chi connectivity index (χ2v) is 21.2. The number of rotatable bonds is 7. The van der Waals surface area contributed by atoms with Crippen molar-refractivity contribution in [1.82, 2.24) is 14.1 Å². The van der Waals surface area contributed by atoms with Crippen LogP contribution >= 0.6 is 0 Å². The third-order valence-corrected chi connectivity index (χ3v) is 15.7. The predicted molar refractivity (Wildman–Crippen MR) is 300 cm³/mol. The van der Waals surface area contributed by atoms with Crippen LogP contribution in [0.2, 0.25) is 0 Å². The molecular formula is C67H31F21N4. The Bertz CT molecular complexity index is 4860. The molecule has 0 spiro atoms. The van der Waals surface area contributed by atoms with E-state index >= 15 is 0 Å². The van der Waals surface area contributed by atoms with Gasteiger partial charge in [-0.05, 0) is 171 Å². The quantitative estimate of drug-likeness (QED) is 0.149. The number of hydrogen-bond acceptors (Lipinski definition) is 2. The molecule has 0 aliphatic carbocycles. The molecule has 0 aliphatic rings. The van der Waals surface area contributed by atoms with Crippen molar-refractivity contribution in [3.63, 3.8) is 0 Å². The van der Waals surface area contributed by atoms with Crippen molar-refractivity contribution < 1.29 is 92.2 Å². The molecule has 0 N–H and O–H groups in total. The molecular weight excluding hydrogens is 1260 g/mol. The van der Waals surface area contributed by atoms with Crippen molar-refractivity contribution in [3.05, 3.63) is 233 Å². The summed E-state index contributed by atoms with van der Waals surface area (Å²) in [6.45, 7) is 0. The highest BCUT2D eigenvalue weighted by Gasteiger charge is 2.42. The molecule has 0 bridgehead atoms. The van der Waals surface area contributed by atoms with Gasteiger partial charge in [-0.2, -0.15) is 97.5 Å². The van der Waals surface area contributed by atoms with Crippen LogP contribution in [0.4, 0.5) is 92.2 Å². The number of hydrogen-bond donors (Lipinski definition) is 0. The van der Waals surface area contributed by atoms with E-state index in [1.807, 2.05) is 0 Å². The van der Waals surface area contributed by atoms with E-state index in [-0.39, 0.29) is 101 Å². The molecule has 9 aromatic carbocycles. The van der Waals surface area contributed by atoms with Crippen molar-refractivity contribution in [2.45, 2.75) is 43.2 Å². The zero-order valence-corrected chi connectivity index (χ0v) is 45.6. The lowest BCUT2D eigenvalue weighted by Gasteiger charge is -2.20. The summed E-state index contributed by atoms with van der Waals surface area (Å²) in [4.78, 5) is 4.05. The lowest BCUT2D eigenvalue weighted by Crippen LogP contribution is -2.12. The summed E-state index contributed by atoms with van der Waals surface area (Å²) in [5.41, 5.74) is -13.7. The van der Waals surface area contributed by atoms with Gasteiger partial charge in [0.05, 0.1) is 84.0 Å². The van der Waals surface area contributed by atoms with E-state index in [9.17, 15) is 97.5 Å². The van der Waals surface area contributed by atoms with Crippen molar-refractivity contribution in [2.75, 3.05) is 0 Å². The van der Waals surface area contributed by atoms with Gasteiger partial charge in [-0.1, -0.05) is 54.6 Å². The molecule has 0 aliphatic heterocycles. The zero-order chi connectivity index (χ0) is 66.2. The second kappa shape index (κ2) is 21.4. The minimum atomic E-state index is -5.44. The van der Waals surface area contributed by atoms with Gasteiger partial charge < -0.3 is 9.13 Å². The highest BCUT2D eigenvalue weighted by Crippen LogP contribution is 2.49. The summed E-state index contributed by atoms with van der Waals surface area (Å²) in [6.07, 6.45) is -34.0. The highest BCUT2D eigenvalue weighted by molar-refractivity contribution is 6.14. The van der Waals surface area contributed by atoms with Crippen LogP contribution in [0.5, 0.6) is 0 Å². The Kier molecular flexibility index (Phi) is 14.4. The molecule has 0 radical (unpaired) electrons. The van der Waals surface area contributed by atoms with Crippen LogP contribution in [-0.4, -0.2) is 14.1 Å². The number of nitrogens with zero attached hydrogens (tertiary/aromatic N) is 4. The Morgan fingerprint density at radius 3 is 0.902 bits per heavy atom. The fraction of sp³-hybridized carbons (Fsp3) is 0.104. The van der Waals surface area contributed by atoms with E-state index in [0.29, 0.717) is 42.0 Å². The average molecular weight is 1290 g/mol. The van der Waals surface area contributed by atoms with Crippen molar-refractivity contribution in [1.29, 1.82) is 5.26 Å². The van der Waals surface area contributed by atoms with Crippen LogP contribution in [0, 0.1) is 11.3 Å². The molecule has 25 heteroatoms. The molecule has 0 fully saturated rings. The highest BCUT2D eigenvalue weighted by atomic mass is 19.4. The molecule has 0 atom stereocenters. The van der Waals surface area contributed by atoms with Gasteiger partial charge in [0.1, 0.15) is 0 Å². The van der Waals surface area contributed by atoms with Gasteiger partial charge in [-0.25, -0.2) is 0 Å². The summed E-state index contributed by atoms with van der Waals surface area (Å²) in [5, 5.41) is 10.9. The van der Waals surface area contributed by atoms with Crippen molar-refractivity contribution in [2.24, 2.45) is 0 Å². The summed E-state index contributed by atoms with van der Waals surface area (Å²) in [6, 6.07) is 29.4. The van der Waals surface area contributed by atoms with Gasteiger partial charge in [0, 0.05) is 39.5 Å². The van der Waals surface area contributed by atoms with E-state index in [1.54, 1.807) is 0 Å². The lowest BCUT2D eigenvalue weighted by atomic mass is 9.94. The van der Waals surface area contributed by atoms with Gasteiger partial charge in [0.25, 0.3) is 0 Å². The van der Waals surface area contributed by atoms with Gasteiger partial charge in [-0.3, -0.25) is 4.98 Å². The molecule has 3 aromatic heterocycles. The molecule has 3 heterocycles. The number of fused-ring (bicyclic) bond motifs is 6. The first-order chi connectivity index (χ1) is 43.0. The van der Waals surface area contributed by atoms with Crippen LogP contribution in [0.1, 0.15) is 44.5 Å². The molecule has 0 amide bonds. The maximum atomic E-state index is 14.9. The molecule has 92 heavy (non-hydrogen) atoms. The van der Waals surface area contributed by atoms with Crippen molar-refractivity contribution >= 4 is 43.6 Å². The topological polar surface area (TPSA) is 46.5 Å². The minimum absolute atomic E-state index is 0.0208. The van der Waals surface area contributed by atoms with E-state index in [0.717, 1.165) is 54.6 Å². The van der Waals surface area contributed by atoms with Crippen LogP contribution in [0.3, 0.4) is 0 Å². The van der Waals surface area contributed by atoms with Gasteiger partial charge >= 0.3 is 43.2 Å². The first kappa shape index (κ1) is 62.0. The fourth-order valence-electron chi connectivity index (χ4n) is 11.5. The Labute approximate surface area is 502 Å². The maximum Gasteiger partial charge on any atom is 0.417 e. The van der Waals surface area contributed by atoms with E-state index < -0.39 is 110 Å². The fourth-order valence-corrected chi connectivity index (χ4v) is 11.5. The average Bonchev–Trinajstić information content (AvgIpc) is 1.55. The first-order valence-electron chi connectivity index (χ1n) is 26.7. The first-order valence-corrected chi connectivity index (χ1v) is 26.7. The Balaban J connectivity index is 1.20. The number of pyridine rings is 1. The SMILES string of the molecule is N#Cc1cc(-n2c3ccc(-c4ccc(C(F)(F)F)cc4C(F)(F)F)cc3c3cc(-c4ccc(C(F)(F)F)cc4C(F)(F)F)ccc32)c(-n2c3ccc(-c4ccc(C(F)(F)F)cc4)cc3c3cc(-c4ccc(C(F)(F)F)cc4C(F)(F)F)ccc32)cc1-c1ccncc1. The minimum Gasteiger partial charge on any atom is -0.307 e. The van der Waals surface area contributed by atoms with Gasteiger partial charge in [0.15, 0.2) is 0 Å². The van der Waals surface area contributed by atoms with E-state index in [4.69, 9.17) is 0 Å². The monoisotopic (exact) mass is 1290 g/mol. The maximum absolute atomic E-state index is 14.9. The molecule has 0 unspecified atom stereocenters. The number of benzene rings is 9. The Morgan fingerprint density at radius 2 is 0.576 bits per heavy atom. The largest absolute Gasteiger partial charge is 0.417 e. The van der Waals surface area contributed by atoms with Crippen molar-refractivity contribution in [3.8, 4) is 73.1 Å². The predicted octanol–water partition coefficient (Wildman–Crippen LogP) is 22.6. The van der Waals surface area contributed by atoms with Crippen LogP contribution < -0.4 is 0 Å². The standard InChI is InChI=1S/C67H31F21N4/c68-61(69,70)40-7-1-33(2-8-40)35-3-15-55-48(23-35)49-24-36(44-12-9-41(62(71,72)73)28-52(44)65(80,81)82)6-18-58(49)92(55)60-31-47(34-19-21-90-22-20-34)39(32-89)27-59(60)91-56-16-4-37(45-13-10-42(63(74,75)76)29-53(45)66(83,84)85)25-50(56)51-26-38(5-17-57(51)91)46-14-11-43(64(77,78)79)30-54(46)67(86,87)88/h1-31H. The molecule has 0 saturated heterocycles. The molecule has 12 aromatic rings. The Hall–Kier alpha value is -10.3. The van der Waals surface area contributed by atoms with Crippen LogP contribution in [-0.2, 0) is 43.2 Å². The number of nitriles is 1. The zero-order valence-electron chi connectivity index (χ0n) is 45.6. The lowest BCUT2D eigenvalue weighted by molar-refractivity contribution is -0.144. The van der Waals surface area contributed by atoms with Crippen LogP contribution in [0.25, 0.3) is 111 Å².